The summed E-state index contributed by atoms with van der Waals surface area (Å²) in [5, 5.41) is 3.49. The molecule has 2 amide bonds. The predicted octanol–water partition coefficient (Wildman–Crippen LogP) is 4.68. The average Bonchev–Trinajstić information content (AvgIpc) is 2.98. The van der Waals surface area contributed by atoms with Gasteiger partial charge in [-0.05, 0) is 41.8 Å². The Hall–Kier alpha value is -3.76. The van der Waals surface area contributed by atoms with Gasteiger partial charge in [0.2, 0.25) is 21.8 Å². The molecule has 0 saturated carbocycles. The van der Waals surface area contributed by atoms with Crippen LogP contribution >= 0.6 is 11.6 Å². The van der Waals surface area contributed by atoms with Gasteiger partial charge in [-0.2, -0.15) is 0 Å². The van der Waals surface area contributed by atoms with Gasteiger partial charge < -0.3 is 19.7 Å². The topological polar surface area (TPSA) is 105 Å². The van der Waals surface area contributed by atoms with Crippen molar-refractivity contribution >= 4 is 39.1 Å². The van der Waals surface area contributed by atoms with E-state index in [9.17, 15) is 18.0 Å². The van der Waals surface area contributed by atoms with E-state index in [1.54, 1.807) is 36.4 Å². The lowest BCUT2D eigenvalue weighted by Gasteiger charge is -2.33. The minimum atomic E-state index is -3.97. The number of hydrogen-bond acceptors (Lipinski definition) is 6. The van der Waals surface area contributed by atoms with E-state index in [1.165, 1.54) is 25.2 Å². The van der Waals surface area contributed by atoms with Gasteiger partial charge in [-0.15, -0.1) is 0 Å². The maximum Gasteiger partial charge on any atom is 0.244 e. The Morgan fingerprint density at radius 1 is 0.952 bits per heavy atom. The highest BCUT2D eigenvalue weighted by molar-refractivity contribution is 7.92. The number of carbonyl (C=O) groups excluding carboxylic acids is 2. The number of unbranched alkanes of at least 4 members (excludes halogenated alkanes) is 1. The van der Waals surface area contributed by atoms with Crippen molar-refractivity contribution in [3.8, 4) is 11.5 Å². The van der Waals surface area contributed by atoms with Crippen LogP contribution in [0.2, 0.25) is 5.02 Å². The van der Waals surface area contributed by atoms with E-state index in [4.69, 9.17) is 21.1 Å². The van der Waals surface area contributed by atoms with Crippen molar-refractivity contribution in [3.05, 3.63) is 88.9 Å². The van der Waals surface area contributed by atoms with E-state index in [0.717, 1.165) is 34.5 Å². The van der Waals surface area contributed by atoms with Gasteiger partial charge in [0.05, 0.1) is 26.2 Å². The number of carbonyl (C=O) groups is 2. The minimum Gasteiger partial charge on any atom is -0.497 e. The summed E-state index contributed by atoms with van der Waals surface area (Å²) >= 11 is 6.10. The van der Waals surface area contributed by atoms with E-state index in [0.29, 0.717) is 17.3 Å². The van der Waals surface area contributed by atoms with Crippen molar-refractivity contribution in [3.63, 3.8) is 0 Å². The minimum absolute atomic E-state index is 0.0571. The first-order valence-electron chi connectivity index (χ1n) is 13.6. The van der Waals surface area contributed by atoms with Crippen LogP contribution in [0.4, 0.5) is 5.69 Å². The van der Waals surface area contributed by atoms with Crippen molar-refractivity contribution in [2.24, 2.45) is 0 Å². The monoisotopic (exact) mass is 615 g/mol. The van der Waals surface area contributed by atoms with Crippen LogP contribution in [-0.4, -0.2) is 64.7 Å². The highest BCUT2D eigenvalue weighted by atomic mass is 35.5. The standard InChI is InChI=1S/C31H38ClN3O6S/c1-5-6-18-33-31(37)28(19-23-10-8-7-9-11-23)34(21-24-12-14-25(32)15-13-24)30(36)22-35(42(4,38)39)27-20-26(40-2)16-17-29(27)41-3/h7-17,20,28H,5-6,18-19,21-22H2,1-4H3,(H,33,37)/t28-/m0/s1. The third kappa shape index (κ3) is 9.12. The van der Waals surface area contributed by atoms with Gasteiger partial charge in [-0.3, -0.25) is 13.9 Å². The van der Waals surface area contributed by atoms with Crippen molar-refractivity contribution in [1.82, 2.24) is 10.2 Å². The molecule has 0 aliphatic carbocycles. The first kappa shape index (κ1) is 32.8. The van der Waals surface area contributed by atoms with Gasteiger partial charge in [-0.1, -0.05) is 67.4 Å². The van der Waals surface area contributed by atoms with E-state index in [2.05, 4.69) is 5.32 Å². The molecule has 3 aromatic rings. The SMILES string of the molecule is CCCCNC(=O)[C@H](Cc1ccccc1)N(Cc1ccc(Cl)cc1)C(=O)CN(c1cc(OC)ccc1OC)S(C)(=O)=O. The third-order valence-corrected chi connectivity index (χ3v) is 8.08. The van der Waals surface area contributed by atoms with E-state index in [1.807, 2.05) is 37.3 Å². The number of hydrogen-bond donors (Lipinski definition) is 1. The molecule has 226 valence electrons. The highest BCUT2D eigenvalue weighted by Crippen LogP contribution is 2.34. The second-order valence-electron chi connectivity index (χ2n) is 9.81. The molecule has 0 aliphatic heterocycles. The molecule has 1 atom stereocenters. The molecule has 0 fully saturated rings. The summed E-state index contributed by atoms with van der Waals surface area (Å²) in [6.45, 7) is 1.97. The molecule has 0 aliphatic rings. The van der Waals surface area contributed by atoms with Crippen LogP contribution in [-0.2, 0) is 32.6 Å². The zero-order valence-corrected chi connectivity index (χ0v) is 26.0. The molecule has 3 rings (SSSR count). The summed E-state index contributed by atoms with van der Waals surface area (Å²) in [4.78, 5) is 29.3. The first-order chi connectivity index (χ1) is 20.1. The Kier molecular flexibility index (Phi) is 12.1. The van der Waals surface area contributed by atoms with Gasteiger partial charge in [-0.25, -0.2) is 8.42 Å². The largest absolute Gasteiger partial charge is 0.497 e. The van der Waals surface area contributed by atoms with Crippen molar-refractivity contribution < 1.29 is 27.5 Å². The smallest absolute Gasteiger partial charge is 0.244 e. The number of benzene rings is 3. The fraction of sp³-hybridized carbons (Fsp3) is 0.355. The summed E-state index contributed by atoms with van der Waals surface area (Å²) in [7, 11) is -1.10. The van der Waals surface area contributed by atoms with Gasteiger partial charge in [0.15, 0.2) is 0 Å². The summed E-state index contributed by atoms with van der Waals surface area (Å²) in [5.74, 6) is -0.245. The lowest BCUT2D eigenvalue weighted by molar-refractivity contribution is -0.140. The zero-order chi connectivity index (χ0) is 30.7. The number of nitrogens with one attached hydrogen (secondary N) is 1. The summed E-state index contributed by atoms with van der Waals surface area (Å²) < 4.78 is 37.9. The van der Waals surface area contributed by atoms with E-state index >= 15 is 0 Å². The third-order valence-electron chi connectivity index (χ3n) is 6.70. The van der Waals surface area contributed by atoms with Crippen LogP contribution in [0.25, 0.3) is 0 Å². The lowest BCUT2D eigenvalue weighted by atomic mass is 10.0. The van der Waals surface area contributed by atoms with Crippen LogP contribution in [0, 0.1) is 0 Å². The number of sulfonamides is 1. The van der Waals surface area contributed by atoms with Crippen LogP contribution in [0.1, 0.15) is 30.9 Å². The molecular weight excluding hydrogens is 578 g/mol. The van der Waals surface area contributed by atoms with Gasteiger partial charge >= 0.3 is 0 Å². The summed E-state index contributed by atoms with van der Waals surface area (Å²) in [6, 6.07) is 20.1. The van der Waals surface area contributed by atoms with E-state index < -0.39 is 28.5 Å². The number of halogens is 1. The van der Waals surface area contributed by atoms with Crippen LogP contribution in [0.3, 0.4) is 0 Å². The number of anilines is 1. The summed E-state index contributed by atoms with van der Waals surface area (Å²) in [6.07, 6.45) is 2.93. The molecule has 0 spiro atoms. The predicted molar refractivity (Wildman–Crippen MR) is 166 cm³/mol. The molecule has 0 radical (unpaired) electrons. The summed E-state index contributed by atoms with van der Waals surface area (Å²) in [5.41, 5.74) is 1.74. The zero-order valence-electron chi connectivity index (χ0n) is 24.4. The molecule has 0 aromatic heterocycles. The van der Waals surface area contributed by atoms with Crippen LogP contribution in [0.15, 0.2) is 72.8 Å². The van der Waals surface area contributed by atoms with Gasteiger partial charge in [0, 0.05) is 30.6 Å². The number of amides is 2. The number of ether oxygens (including phenoxy) is 2. The van der Waals surface area contributed by atoms with Gasteiger partial charge in [0.1, 0.15) is 24.1 Å². The molecular formula is C31H38ClN3O6S. The van der Waals surface area contributed by atoms with Gasteiger partial charge in [0.25, 0.3) is 0 Å². The normalized spacial score (nSPS) is 11.8. The molecule has 11 heteroatoms. The second-order valence-corrected chi connectivity index (χ2v) is 12.1. The number of methoxy groups -OCH3 is 2. The Labute approximate surface area is 253 Å². The van der Waals surface area contributed by atoms with E-state index in [-0.39, 0.29) is 30.3 Å². The Morgan fingerprint density at radius 3 is 2.24 bits per heavy atom. The number of nitrogens with zero attached hydrogens (tertiary/aromatic N) is 2. The van der Waals surface area contributed by atoms with Crippen LogP contribution in [0.5, 0.6) is 11.5 Å². The van der Waals surface area contributed by atoms with Crippen molar-refractivity contribution in [1.29, 1.82) is 0 Å². The molecule has 0 bridgehead atoms. The first-order valence-corrected chi connectivity index (χ1v) is 15.8. The Bertz CT molecular complexity index is 1430. The van der Waals surface area contributed by atoms with Crippen molar-refractivity contribution in [2.75, 3.05) is 37.9 Å². The average molecular weight is 616 g/mol. The maximum absolute atomic E-state index is 14.2. The molecule has 0 heterocycles. The van der Waals surface area contributed by atoms with Crippen LogP contribution < -0.4 is 19.1 Å². The second kappa shape index (κ2) is 15.5. The lowest BCUT2D eigenvalue weighted by Crippen LogP contribution is -2.53. The molecule has 0 saturated heterocycles. The fourth-order valence-electron chi connectivity index (χ4n) is 4.43. The highest BCUT2D eigenvalue weighted by Gasteiger charge is 2.33. The molecule has 1 N–H and O–H groups in total. The molecule has 3 aromatic carbocycles. The quantitative estimate of drug-likeness (QED) is 0.249. The number of rotatable bonds is 15. The maximum atomic E-state index is 14.2. The fourth-order valence-corrected chi connectivity index (χ4v) is 5.40. The van der Waals surface area contributed by atoms with Crippen molar-refractivity contribution in [2.45, 2.75) is 38.8 Å². The Balaban J connectivity index is 2.08. The Morgan fingerprint density at radius 2 is 1.64 bits per heavy atom. The molecule has 9 nitrogen and oxygen atoms in total. The molecule has 0 unspecified atom stereocenters. The molecule has 42 heavy (non-hydrogen) atoms.